The third kappa shape index (κ3) is 2.90. The molecule has 0 atom stereocenters. The molecule has 0 saturated carbocycles. The van der Waals surface area contributed by atoms with Gasteiger partial charge in [-0.3, -0.25) is 9.20 Å². The van der Waals surface area contributed by atoms with Crippen LogP contribution in [-0.2, 0) is 6.42 Å². The number of pyridine rings is 1. The Morgan fingerprint density at radius 1 is 1.04 bits per heavy atom. The summed E-state index contributed by atoms with van der Waals surface area (Å²) in [6.45, 7) is 0. The molecule has 28 heavy (non-hydrogen) atoms. The fraction of sp³-hybridized carbons (Fsp3) is 0.238. The molecule has 1 aromatic carbocycles. The molecule has 144 valence electrons. The average Bonchev–Trinajstić information content (AvgIpc) is 3.11. The summed E-state index contributed by atoms with van der Waals surface area (Å²) in [4.78, 5) is 17.6. The van der Waals surface area contributed by atoms with Crippen molar-refractivity contribution in [2.45, 2.75) is 12.8 Å². The van der Waals surface area contributed by atoms with Crippen LogP contribution in [-0.4, -0.2) is 30.7 Å². The van der Waals surface area contributed by atoms with Crippen molar-refractivity contribution in [2.75, 3.05) is 21.3 Å². The van der Waals surface area contributed by atoms with Gasteiger partial charge in [-0.1, -0.05) is 11.6 Å². The summed E-state index contributed by atoms with van der Waals surface area (Å²) >= 11 is 6.03. The summed E-state index contributed by atoms with van der Waals surface area (Å²) in [5.41, 5.74) is 3.73. The fourth-order valence-electron chi connectivity index (χ4n) is 3.58. The molecule has 4 rings (SSSR count). The minimum absolute atomic E-state index is 0.0785. The van der Waals surface area contributed by atoms with Crippen LogP contribution >= 0.6 is 11.6 Å². The molecule has 0 saturated heterocycles. The summed E-state index contributed by atoms with van der Waals surface area (Å²) in [7, 11) is 4.74. The highest BCUT2D eigenvalue weighted by Gasteiger charge is 2.24. The number of aromatic nitrogens is 2. The van der Waals surface area contributed by atoms with E-state index in [0.717, 1.165) is 23.3 Å². The van der Waals surface area contributed by atoms with Crippen LogP contribution in [0.15, 0.2) is 35.3 Å². The Morgan fingerprint density at radius 2 is 1.82 bits per heavy atom. The monoisotopic (exact) mass is 398 g/mol. The SMILES string of the molecule is COc1ccc(C=C2CCc3c2nc2ccc(Cl)cn2c3=O)c(OC)c1OC. The van der Waals surface area contributed by atoms with E-state index in [1.807, 2.05) is 18.2 Å². The van der Waals surface area contributed by atoms with Gasteiger partial charge in [-0.2, -0.15) is 0 Å². The molecule has 1 aliphatic rings. The van der Waals surface area contributed by atoms with Gasteiger partial charge in [-0.25, -0.2) is 4.98 Å². The third-order valence-corrected chi connectivity index (χ3v) is 5.12. The van der Waals surface area contributed by atoms with Crippen LogP contribution < -0.4 is 19.8 Å². The molecule has 0 amide bonds. The van der Waals surface area contributed by atoms with Crippen molar-refractivity contribution in [2.24, 2.45) is 0 Å². The Hall–Kier alpha value is -2.99. The third-order valence-electron chi connectivity index (χ3n) is 4.89. The van der Waals surface area contributed by atoms with Crippen molar-refractivity contribution in [3.63, 3.8) is 0 Å². The van der Waals surface area contributed by atoms with Crippen LogP contribution in [0.2, 0.25) is 5.02 Å². The molecule has 0 N–H and O–H groups in total. The highest BCUT2D eigenvalue weighted by Crippen LogP contribution is 2.42. The predicted octanol–water partition coefficient (Wildman–Crippen LogP) is 3.86. The first kappa shape index (κ1) is 18.4. The molecule has 0 spiro atoms. The second-order valence-corrected chi connectivity index (χ2v) is 6.85. The normalized spacial score (nSPS) is 14.4. The quantitative estimate of drug-likeness (QED) is 0.667. The minimum Gasteiger partial charge on any atom is -0.493 e. The van der Waals surface area contributed by atoms with Crippen LogP contribution in [0.25, 0.3) is 17.3 Å². The molecular formula is C21H19ClN2O4. The van der Waals surface area contributed by atoms with E-state index in [4.69, 9.17) is 30.8 Å². The Labute approximate surface area is 167 Å². The molecule has 7 heteroatoms. The molecule has 0 unspecified atom stereocenters. The van der Waals surface area contributed by atoms with Crippen molar-refractivity contribution in [3.05, 3.63) is 62.7 Å². The van der Waals surface area contributed by atoms with E-state index in [1.165, 1.54) is 4.40 Å². The van der Waals surface area contributed by atoms with Crippen molar-refractivity contribution < 1.29 is 14.2 Å². The van der Waals surface area contributed by atoms with Crippen LogP contribution in [0.4, 0.5) is 0 Å². The van der Waals surface area contributed by atoms with Gasteiger partial charge >= 0.3 is 0 Å². The zero-order valence-corrected chi connectivity index (χ0v) is 16.5. The largest absolute Gasteiger partial charge is 0.493 e. The number of benzene rings is 1. The lowest BCUT2D eigenvalue weighted by atomic mass is 10.1. The molecule has 3 aromatic rings. The average molecular weight is 399 g/mol. The van der Waals surface area contributed by atoms with E-state index in [0.29, 0.717) is 39.9 Å². The maximum absolute atomic E-state index is 12.9. The lowest BCUT2D eigenvalue weighted by Crippen LogP contribution is -2.19. The van der Waals surface area contributed by atoms with E-state index in [2.05, 4.69) is 0 Å². The number of allylic oxidation sites excluding steroid dienone is 1. The van der Waals surface area contributed by atoms with E-state index < -0.39 is 0 Å². The Morgan fingerprint density at radius 3 is 2.54 bits per heavy atom. The second-order valence-electron chi connectivity index (χ2n) is 6.41. The molecule has 1 aliphatic carbocycles. The van der Waals surface area contributed by atoms with Crippen molar-refractivity contribution >= 4 is 28.9 Å². The standard InChI is InChI=1S/C21H19ClN2O4/c1-26-16-8-5-13(19(27-2)20(16)28-3)10-12-4-7-15-18(12)23-17-9-6-14(22)11-24(17)21(15)25/h5-6,8-11H,4,7H2,1-3H3. The summed E-state index contributed by atoms with van der Waals surface area (Å²) in [6.07, 6.45) is 4.95. The first-order valence-electron chi connectivity index (χ1n) is 8.78. The molecule has 0 bridgehead atoms. The van der Waals surface area contributed by atoms with Crippen molar-refractivity contribution in [1.82, 2.24) is 9.38 Å². The molecule has 0 aliphatic heterocycles. The maximum atomic E-state index is 12.9. The first-order valence-corrected chi connectivity index (χ1v) is 9.16. The summed E-state index contributed by atoms with van der Waals surface area (Å²) < 4.78 is 17.9. The number of ether oxygens (including phenoxy) is 3. The van der Waals surface area contributed by atoms with Gasteiger partial charge in [0.15, 0.2) is 11.5 Å². The number of halogens is 1. The first-order chi connectivity index (χ1) is 13.6. The van der Waals surface area contributed by atoms with Crippen molar-refractivity contribution in [3.8, 4) is 17.2 Å². The van der Waals surface area contributed by atoms with Crippen LogP contribution in [0.1, 0.15) is 23.2 Å². The Bertz CT molecular complexity index is 1170. The lowest BCUT2D eigenvalue weighted by Gasteiger charge is -2.14. The minimum atomic E-state index is -0.0785. The van der Waals surface area contributed by atoms with E-state index in [9.17, 15) is 4.79 Å². The van der Waals surface area contributed by atoms with Gasteiger partial charge in [0, 0.05) is 17.3 Å². The lowest BCUT2D eigenvalue weighted by molar-refractivity contribution is 0.324. The summed E-state index contributed by atoms with van der Waals surface area (Å²) in [5.74, 6) is 1.69. The van der Waals surface area contributed by atoms with Gasteiger partial charge in [-0.05, 0) is 48.8 Å². The van der Waals surface area contributed by atoms with Gasteiger partial charge < -0.3 is 14.2 Å². The second kappa shape index (κ2) is 7.20. The molecule has 0 fully saturated rings. The Balaban J connectivity index is 1.88. The zero-order chi connectivity index (χ0) is 19.8. The number of rotatable bonds is 4. The number of hydrogen-bond donors (Lipinski definition) is 0. The number of nitrogens with zero attached hydrogens (tertiary/aromatic N) is 2. The van der Waals surface area contributed by atoms with Gasteiger partial charge in [0.1, 0.15) is 5.65 Å². The van der Waals surface area contributed by atoms with Gasteiger partial charge in [0.05, 0.1) is 32.0 Å². The number of fused-ring (bicyclic) bond motifs is 2. The van der Waals surface area contributed by atoms with Gasteiger partial charge in [0.2, 0.25) is 5.75 Å². The van der Waals surface area contributed by atoms with Crippen LogP contribution in [0, 0.1) is 0 Å². The predicted molar refractivity (Wildman–Crippen MR) is 109 cm³/mol. The molecule has 2 aromatic heterocycles. The van der Waals surface area contributed by atoms with Gasteiger partial charge in [0.25, 0.3) is 5.56 Å². The summed E-state index contributed by atoms with van der Waals surface area (Å²) in [5, 5.41) is 0.500. The Kier molecular flexibility index (Phi) is 4.73. The molecule has 2 heterocycles. The topological polar surface area (TPSA) is 62.1 Å². The highest BCUT2D eigenvalue weighted by molar-refractivity contribution is 6.30. The number of hydrogen-bond acceptors (Lipinski definition) is 5. The highest BCUT2D eigenvalue weighted by atomic mass is 35.5. The summed E-state index contributed by atoms with van der Waals surface area (Å²) in [6, 6.07) is 7.20. The van der Waals surface area contributed by atoms with Crippen LogP contribution in [0.5, 0.6) is 17.2 Å². The fourth-order valence-corrected chi connectivity index (χ4v) is 3.75. The molecular weight excluding hydrogens is 380 g/mol. The smallest absolute Gasteiger partial charge is 0.261 e. The zero-order valence-electron chi connectivity index (χ0n) is 15.8. The molecule has 6 nitrogen and oxygen atoms in total. The van der Waals surface area contributed by atoms with Gasteiger partial charge in [-0.15, -0.1) is 0 Å². The number of methoxy groups -OCH3 is 3. The van der Waals surface area contributed by atoms with E-state index >= 15 is 0 Å². The van der Waals surface area contributed by atoms with Crippen molar-refractivity contribution in [1.29, 1.82) is 0 Å². The van der Waals surface area contributed by atoms with E-state index in [-0.39, 0.29) is 5.56 Å². The maximum Gasteiger partial charge on any atom is 0.261 e. The van der Waals surface area contributed by atoms with E-state index in [1.54, 1.807) is 39.7 Å². The molecule has 0 radical (unpaired) electrons. The van der Waals surface area contributed by atoms with Crippen LogP contribution in [0.3, 0.4) is 0 Å².